The predicted octanol–water partition coefficient (Wildman–Crippen LogP) is 4.14. The van der Waals surface area contributed by atoms with Crippen LogP contribution in [0.25, 0.3) is 0 Å². The summed E-state index contributed by atoms with van der Waals surface area (Å²) in [6.45, 7) is 2.46. The topological polar surface area (TPSA) is 49.3 Å². The van der Waals surface area contributed by atoms with Gasteiger partial charge in [-0.25, -0.2) is 4.39 Å². The number of hydrogen-bond acceptors (Lipinski definition) is 2. The molecule has 0 heterocycles. The third kappa shape index (κ3) is 4.29. The molecule has 0 aliphatic rings. The molecule has 0 radical (unpaired) electrons. The van der Waals surface area contributed by atoms with Crippen LogP contribution in [0.3, 0.4) is 0 Å². The maximum Gasteiger partial charge on any atom is 0.307 e. The van der Waals surface area contributed by atoms with Crippen LogP contribution in [0.4, 0.5) is 10.1 Å². The minimum absolute atomic E-state index is 0.0186. The van der Waals surface area contributed by atoms with Gasteiger partial charge in [0.1, 0.15) is 5.82 Å². The smallest absolute Gasteiger partial charge is 0.307 e. The van der Waals surface area contributed by atoms with Crippen LogP contribution in [0.2, 0.25) is 0 Å². The van der Waals surface area contributed by atoms with Crippen LogP contribution in [0, 0.1) is 12.7 Å². The molecule has 3 nitrogen and oxygen atoms in total. The van der Waals surface area contributed by atoms with Crippen LogP contribution < -0.4 is 5.32 Å². The molecule has 2 aromatic rings. The molecule has 0 bridgehead atoms. The molecule has 0 saturated carbocycles. The first kappa shape index (κ1) is 15.5. The molecule has 0 aliphatic carbocycles. The number of benzene rings is 2. The molecule has 0 amide bonds. The van der Waals surface area contributed by atoms with E-state index in [-0.39, 0.29) is 12.2 Å². The molecule has 0 saturated heterocycles. The van der Waals surface area contributed by atoms with Crippen molar-refractivity contribution in [2.24, 2.45) is 0 Å². The van der Waals surface area contributed by atoms with E-state index in [4.69, 9.17) is 5.11 Å². The first-order valence-electron chi connectivity index (χ1n) is 6.45. The second-order valence-corrected chi connectivity index (χ2v) is 5.68. The molecular weight excluding hydrogens is 337 g/mol. The molecule has 0 atom stereocenters. The average molecular weight is 352 g/mol. The Morgan fingerprint density at radius 3 is 2.48 bits per heavy atom. The van der Waals surface area contributed by atoms with Crippen LogP contribution in [-0.2, 0) is 17.8 Å². The van der Waals surface area contributed by atoms with Gasteiger partial charge in [0.2, 0.25) is 0 Å². The summed E-state index contributed by atoms with van der Waals surface area (Å²) in [5.41, 5.74) is 3.46. The summed E-state index contributed by atoms with van der Waals surface area (Å²) in [6.07, 6.45) is 0.0186. The number of carboxylic acids is 1. The third-order valence-electron chi connectivity index (χ3n) is 3.13. The standard InChI is InChI=1S/C16H15BrFNO2/c1-10-6-13(17)14(18)8-15(10)19-9-12-4-2-11(3-5-12)7-16(20)21/h2-6,8,19H,7,9H2,1H3,(H,20,21). The van der Waals surface area contributed by atoms with E-state index in [9.17, 15) is 9.18 Å². The zero-order valence-corrected chi connectivity index (χ0v) is 13.1. The van der Waals surface area contributed by atoms with Gasteiger partial charge in [0.05, 0.1) is 10.9 Å². The van der Waals surface area contributed by atoms with Crippen LogP contribution >= 0.6 is 15.9 Å². The van der Waals surface area contributed by atoms with Crippen molar-refractivity contribution in [3.63, 3.8) is 0 Å². The largest absolute Gasteiger partial charge is 0.481 e. The highest BCUT2D eigenvalue weighted by Crippen LogP contribution is 2.24. The number of aryl methyl sites for hydroxylation is 1. The molecule has 0 aromatic heterocycles. The number of nitrogens with one attached hydrogen (secondary N) is 1. The van der Waals surface area contributed by atoms with Crippen molar-refractivity contribution in [2.45, 2.75) is 19.9 Å². The van der Waals surface area contributed by atoms with E-state index in [1.54, 1.807) is 18.2 Å². The Bertz CT molecular complexity index is 656. The number of rotatable bonds is 5. The molecule has 2 rings (SSSR count). The van der Waals surface area contributed by atoms with Gasteiger partial charge in [0.15, 0.2) is 0 Å². The minimum atomic E-state index is -0.846. The lowest BCUT2D eigenvalue weighted by molar-refractivity contribution is -0.136. The number of carbonyl (C=O) groups is 1. The van der Waals surface area contributed by atoms with Crippen molar-refractivity contribution in [1.29, 1.82) is 0 Å². The number of anilines is 1. The lowest BCUT2D eigenvalue weighted by Crippen LogP contribution is -2.03. The maximum absolute atomic E-state index is 13.5. The van der Waals surface area contributed by atoms with Crippen molar-refractivity contribution in [3.8, 4) is 0 Å². The van der Waals surface area contributed by atoms with Gasteiger partial charge >= 0.3 is 5.97 Å². The molecule has 0 unspecified atom stereocenters. The fraction of sp³-hybridized carbons (Fsp3) is 0.188. The number of aliphatic carboxylic acids is 1. The zero-order valence-electron chi connectivity index (χ0n) is 11.5. The normalized spacial score (nSPS) is 10.4. The van der Waals surface area contributed by atoms with Gasteiger partial charge in [-0.2, -0.15) is 0 Å². The molecule has 2 aromatic carbocycles. The summed E-state index contributed by atoms with van der Waals surface area (Å²) in [4.78, 5) is 10.6. The zero-order chi connectivity index (χ0) is 15.4. The maximum atomic E-state index is 13.5. The van der Waals surface area contributed by atoms with Crippen molar-refractivity contribution in [1.82, 2.24) is 0 Å². The van der Waals surface area contributed by atoms with E-state index < -0.39 is 5.97 Å². The molecule has 5 heteroatoms. The average Bonchev–Trinajstić information content (AvgIpc) is 2.42. The molecular formula is C16H15BrFNO2. The second kappa shape index (κ2) is 6.72. The number of halogens is 2. The molecule has 0 fully saturated rings. The first-order chi connectivity index (χ1) is 9.95. The Balaban J connectivity index is 2.03. The van der Waals surface area contributed by atoms with Gasteiger partial charge in [-0.3, -0.25) is 4.79 Å². The van der Waals surface area contributed by atoms with Gasteiger partial charge < -0.3 is 10.4 Å². The predicted molar refractivity (Wildman–Crippen MR) is 83.9 cm³/mol. The van der Waals surface area contributed by atoms with Crippen LogP contribution in [0.15, 0.2) is 40.9 Å². The van der Waals surface area contributed by atoms with E-state index in [1.807, 2.05) is 19.1 Å². The number of hydrogen-bond donors (Lipinski definition) is 2. The van der Waals surface area contributed by atoms with E-state index in [1.165, 1.54) is 6.07 Å². The fourth-order valence-electron chi connectivity index (χ4n) is 1.98. The van der Waals surface area contributed by atoms with E-state index in [2.05, 4.69) is 21.2 Å². The van der Waals surface area contributed by atoms with Crippen LogP contribution in [0.5, 0.6) is 0 Å². The molecule has 0 aliphatic heterocycles. The molecule has 0 spiro atoms. The van der Waals surface area contributed by atoms with Gasteiger partial charge in [-0.1, -0.05) is 24.3 Å². The highest BCUT2D eigenvalue weighted by Gasteiger charge is 2.05. The summed E-state index contributed by atoms with van der Waals surface area (Å²) in [5.74, 6) is -1.15. The Morgan fingerprint density at radius 1 is 1.24 bits per heavy atom. The first-order valence-corrected chi connectivity index (χ1v) is 7.24. The van der Waals surface area contributed by atoms with Gasteiger partial charge in [0, 0.05) is 12.2 Å². The SMILES string of the molecule is Cc1cc(Br)c(F)cc1NCc1ccc(CC(=O)O)cc1. The van der Waals surface area contributed by atoms with E-state index in [0.717, 1.165) is 22.4 Å². The van der Waals surface area contributed by atoms with Crippen molar-refractivity contribution in [2.75, 3.05) is 5.32 Å². The van der Waals surface area contributed by atoms with Gasteiger partial charge in [-0.05, 0) is 51.7 Å². The van der Waals surface area contributed by atoms with E-state index in [0.29, 0.717) is 11.0 Å². The summed E-state index contributed by atoms with van der Waals surface area (Å²) in [5, 5.41) is 11.9. The Labute approximate surface area is 130 Å². The van der Waals surface area contributed by atoms with Crippen molar-refractivity contribution < 1.29 is 14.3 Å². The molecule has 21 heavy (non-hydrogen) atoms. The highest BCUT2D eigenvalue weighted by molar-refractivity contribution is 9.10. The Kier molecular flexibility index (Phi) is 4.96. The second-order valence-electron chi connectivity index (χ2n) is 4.82. The lowest BCUT2D eigenvalue weighted by Gasteiger charge is -2.11. The summed E-state index contributed by atoms with van der Waals surface area (Å²) in [7, 11) is 0. The summed E-state index contributed by atoms with van der Waals surface area (Å²) in [6, 6.07) is 10.5. The summed E-state index contributed by atoms with van der Waals surface area (Å²) < 4.78 is 14.0. The monoisotopic (exact) mass is 351 g/mol. The number of carboxylic acid groups (broad SMARTS) is 1. The lowest BCUT2D eigenvalue weighted by atomic mass is 10.1. The van der Waals surface area contributed by atoms with Crippen molar-refractivity contribution in [3.05, 3.63) is 63.4 Å². The van der Waals surface area contributed by atoms with E-state index >= 15 is 0 Å². The van der Waals surface area contributed by atoms with Gasteiger partial charge in [0.25, 0.3) is 0 Å². The Hall–Kier alpha value is -1.88. The minimum Gasteiger partial charge on any atom is -0.481 e. The fourth-order valence-corrected chi connectivity index (χ4v) is 2.44. The summed E-state index contributed by atoms with van der Waals surface area (Å²) >= 11 is 3.15. The van der Waals surface area contributed by atoms with Crippen LogP contribution in [0.1, 0.15) is 16.7 Å². The molecule has 110 valence electrons. The quantitative estimate of drug-likeness (QED) is 0.851. The van der Waals surface area contributed by atoms with Crippen molar-refractivity contribution >= 4 is 27.6 Å². The Morgan fingerprint density at radius 2 is 1.86 bits per heavy atom. The van der Waals surface area contributed by atoms with Gasteiger partial charge in [-0.15, -0.1) is 0 Å². The third-order valence-corrected chi connectivity index (χ3v) is 3.74. The molecule has 2 N–H and O–H groups in total. The highest BCUT2D eigenvalue weighted by atomic mass is 79.9. The van der Waals surface area contributed by atoms with Crippen LogP contribution in [-0.4, -0.2) is 11.1 Å².